The zero-order valence-electron chi connectivity index (χ0n) is 8.53. The molecule has 14 heavy (non-hydrogen) atoms. The van der Waals surface area contributed by atoms with E-state index in [0.29, 0.717) is 6.04 Å². The first-order valence-corrected chi connectivity index (χ1v) is 6.28. The molecule has 0 saturated heterocycles. The molecular formula is C10H16BrNOS. The van der Waals surface area contributed by atoms with Crippen LogP contribution in [0.15, 0.2) is 15.9 Å². The maximum atomic E-state index is 8.82. The van der Waals surface area contributed by atoms with Crippen LogP contribution < -0.4 is 0 Å². The molecule has 0 amide bonds. The largest absolute Gasteiger partial charge is 0.396 e. The first-order chi connectivity index (χ1) is 6.65. The molecule has 1 atom stereocenters. The Bertz CT molecular complexity index is 275. The van der Waals surface area contributed by atoms with Crippen LogP contribution in [0.2, 0.25) is 0 Å². The number of aliphatic hydroxyl groups is 1. The predicted octanol–water partition coefficient (Wildman–Crippen LogP) is 2.89. The molecule has 1 aromatic rings. The Morgan fingerprint density at radius 3 is 2.64 bits per heavy atom. The molecule has 0 saturated carbocycles. The molecule has 1 N–H and O–H groups in total. The second-order valence-corrected chi connectivity index (χ2v) is 5.98. The fourth-order valence-corrected chi connectivity index (χ4v) is 3.10. The van der Waals surface area contributed by atoms with Crippen molar-refractivity contribution in [1.82, 2.24) is 4.90 Å². The molecule has 1 unspecified atom stereocenters. The van der Waals surface area contributed by atoms with E-state index in [1.807, 2.05) is 0 Å². The summed E-state index contributed by atoms with van der Waals surface area (Å²) in [5, 5.41) is 8.82. The summed E-state index contributed by atoms with van der Waals surface area (Å²) in [6.07, 6.45) is 1.87. The lowest BCUT2D eigenvalue weighted by Gasteiger charge is -2.22. The molecule has 2 nitrogen and oxygen atoms in total. The summed E-state index contributed by atoms with van der Waals surface area (Å²) in [5.74, 6) is 0. The van der Waals surface area contributed by atoms with Gasteiger partial charge in [-0.25, -0.2) is 0 Å². The molecule has 4 heteroatoms. The minimum absolute atomic E-state index is 0.275. The Balaban J connectivity index is 2.67. The summed E-state index contributed by atoms with van der Waals surface area (Å²) >= 11 is 5.24. The van der Waals surface area contributed by atoms with Gasteiger partial charge in [-0.05, 0) is 55.0 Å². The standard InChI is InChI=1S/C10H16BrNOS/c1-12(2)8(4-3-7-13)9-5-6-10(11)14-9/h5-6,8,13H,3-4,7H2,1-2H3. The topological polar surface area (TPSA) is 23.5 Å². The van der Waals surface area contributed by atoms with Gasteiger partial charge in [-0.3, -0.25) is 0 Å². The average Bonchev–Trinajstić information content (AvgIpc) is 2.52. The Labute approximate surface area is 97.7 Å². The van der Waals surface area contributed by atoms with Crippen molar-refractivity contribution in [3.05, 3.63) is 20.8 Å². The van der Waals surface area contributed by atoms with Crippen molar-refractivity contribution in [2.24, 2.45) is 0 Å². The Kier molecular flexibility index (Phi) is 5.09. The Morgan fingerprint density at radius 2 is 2.21 bits per heavy atom. The van der Waals surface area contributed by atoms with Gasteiger partial charge in [0.25, 0.3) is 0 Å². The average molecular weight is 278 g/mol. The molecule has 1 rings (SSSR count). The fraction of sp³-hybridized carbons (Fsp3) is 0.600. The summed E-state index contributed by atoms with van der Waals surface area (Å²) in [6.45, 7) is 0.275. The van der Waals surface area contributed by atoms with Crippen molar-refractivity contribution in [1.29, 1.82) is 0 Å². The summed E-state index contributed by atoms with van der Waals surface area (Å²) in [7, 11) is 4.16. The molecule has 0 spiro atoms. The molecule has 0 aliphatic rings. The molecule has 0 radical (unpaired) electrons. The van der Waals surface area contributed by atoms with Crippen LogP contribution in [0.5, 0.6) is 0 Å². The van der Waals surface area contributed by atoms with Crippen LogP contribution >= 0.6 is 27.3 Å². The van der Waals surface area contributed by atoms with E-state index in [1.165, 1.54) is 8.66 Å². The van der Waals surface area contributed by atoms with Crippen LogP contribution in [0.25, 0.3) is 0 Å². The van der Waals surface area contributed by atoms with E-state index in [1.54, 1.807) is 11.3 Å². The second kappa shape index (κ2) is 5.85. The first-order valence-electron chi connectivity index (χ1n) is 4.67. The van der Waals surface area contributed by atoms with Gasteiger partial charge in [0.05, 0.1) is 3.79 Å². The highest BCUT2D eigenvalue weighted by Crippen LogP contribution is 2.32. The molecule has 0 fully saturated rings. The van der Waals surface area contributed by atoms with Gasteiger partial charge in [-0.15, -0.1) is 11.3 Å². The number of hydrogen-bond acceptors (Lipinski definition) is 3. The summed E-state index contributed by atoms with van der Waals surface area (Å²) < 4.78 is 1.17. The molecule has 80 valence electrons. The first kappa shape index (κ1) is 12.2. The number of halogens is 1. The van der Waals surface area contributed by atoms with Crippen molar-refractivity contribution in [3.8, 4) is 0 Å². The van der Waals surface area contributed by atoms with Crippen molar-refractivity contribution in [3.63, 3.8) is 0 Å². The van der Waals surface area contributed by atoms with Gasteiger partial charge in [-0.1, -0.05) is 0 Å². The Morgan fingerprint density at radius 1 is 1.50 bits per heavy atom. The van der Waals surface area contributed by atoms with E-state index in [2.05, 4.69) is 47.1 Å². The number of aliphatic hydroxyl groups excluding tert-OH is 1. The molecule has 0 aliphatic carbocycles. The van der Waals surface area contributed by atoms with E-state index in [9.17, 15) is 0 Å². The normalized spacial score (nSPS) is 13.5. The number of nitrogens with zero attached hydrogens (tertiary/aromatic N) is 1. The number of thiophene rings is 1. The lowest BCUT2D eigenvalue weighted by Crippen LogP contribution is -2.19. The smallest absolute Gasteiger partial charge is 0.0701 e. The second-order valence-electron chi connectivity index (χ2n) is 3.49. The molecule has 0 bridgehead atoms. The van der Waals surface area contributed by atoms with Crippen LogP contribution in [0.4, 0.5) is 0 Å². The molecule has 0 aliphatic heterocycles. The Hall–Kier alpha value is 0.1000. The van der Waals surface area contributed by atoms with Crippen LogP contribution in [0, 0.1) is 0 Å². The van der Waals surface area contributed by atoms with E-state index in [-0.39, 0.29) is 6.61 Å². The zero-order chi connectivity index (χ0) is 10.6. The lowest BCUT2D eigenvalue weighted by atomic mass is 10.1. The van der Waals surface area contributed by atoms with E-state index in [0.717, 1.165) is 12.8 Å². The van der Waals surface area contributed by atoms with Gasteiger partial charge in [0.2, 0.25) is 0 Å². The minimum Gasteiger partial charge on any atom is -0.396 e. The van der Waals surface area contributed by atoms with Gasteiger partial charge >= 0.3 is 0 Å². The van der Waals surface area contributed by atoms with Gasteiger partial charge in [0.15, 0.2) is 0 Å². The summed E-state index contributed by atoms with van der Waals surface area (Å²) in [6, 6.07) is 4.66. The van der Waals surface area contributed by atoms with Gasteiger partial charge in [0, 0.05) is 17.5 Å². The third-order valence-electron chi connectivity index (χ3n) is 2.18. The van der Waals surface area contributed by atoms with Gasteiger partial charge < -0.3 is 10.0 Å². The molecule has 1 heterocycles. The predicted molar refractivity (Wildman–Crippen MR) is 64.8 cm³/mol. The van der Waals surface area contributed by atoms with Crippen molar-refractivity contribution >= 4 is 27.3 Å². The summed E-state index contributed by atoms with van der Waals surface area (Å²) in [4.78, 5) is 3.56. The van der Waals surface area contributed by atoms with E-state index >= 15 is 0 Å². The van der Waals surface area contributed by atoms with Gasteiger partial charge in [-0.2, -0.15) is 0 Å². The SMILES string of the molecule is CN(C)C(CCCO)c1ccc(Br)s1. The molecular weight excluding hydrogens is 262 g/mol. The van der Waals surface area contributed by atoms with Gasteiger partial charge in [0.1, 0.15) is 0 Å². The van der Waals surface area contributed by atoms with Crippen LogP contribution in [0.1, 0.15) is 23.8 Å². The van der Waals surface area contributed by atoms with Crippen molar-refractivity contribution < 1.29 is 5.11 Å². The maximum absolute atomic E-state index is 8.82. The molecule has 0 aromatic carbocycles. The highest BCUT2D eigenvalue weighted by Gasteiger charge is 2.15. The summed E-state index contributed by atoms with van der Waals surface area (Å²) in [5.41, 5.74) is 0. The zero-order valence-corrected chi connectivity index (χ0v) is 10.9. The van der Waals surface area contributed by atoms with Crippen molar-refractivity contribution in [2.75, 3.05) is 20.7 Å². The van der Waals surface area contributed by atoms with E-state index in [4.69, 9.17) is 5.11 Å². The van der Waals surface area contributed by atoms with Crippen molar-refractivity contribution in [2.45, 2.75) is 18.9 Å². The third kappa shape index (κ3) is 3.35. The lowest BCUT2D eigenvalue weighted by molar-refractivity contribution is 0.237. The number of hydrogen-bond donors (Lipinski definition) is 1. The minimum atomic E-state index is 0.275. The quantitative estimate of drug-likeness (QED) is 0.895. The van der Waals surface area contributed by atoms with Crippen LogP contribution in [0.3, 0.4) is 0 Å². The maximum Gasteiger partial charge on any atom is 0.0701 e. The number of rotatable bonds is 5. The fourth-order valence-electron chi connectivity index (χ4n) is 1.45. The van der Waals surface area contributed by atoms with Crippen LogP contribution in [-0.2, 0) is 0 Å². The highest BCUT2D eigenvalue weighted by molar-refractivity contribution is 9.11. The highest BCUT2D eigenvalue weighted by atomic mass is 79.9. The van der Waals surface area contributed by atoms with Crippen LogP contribution in [-0.4, -0.2) is 30.7 Å². The van der Waals surface area contributed by atoms with E-state index < -0.39 is 0 Å². The third-order valence-corrected chi connectivity index (χ3v) is 3.91. The monoisotopic (exact) mass is 277 g/mol. The molecule has 1 aromatic heterocycles.